The van der Waals surface area contributed by atoms with Gasteiger partial charge < -0.3 is 9.53 Å². The Morgan fingerprint density at radius 1 is 1.40 bits per heavy atom. The molecule has 0 aliphatic carbocycles. The number of unbranched alkanes of at least 4 members (excludes halogenated alkanes) is 1. The van der Waals surface area contributed by atoms with Crippen LogP contribution in [0.2, 0.25) is 18.1 Å². The lowest BCUT2D eigenvalue weighted by molar-refractivity contribution is -0.144. The van der Waals surface area contributed by atoms with Crippen molar-refractivity contribution >= 4 is 30.2 Å². The van der Waals surface area contributed by atoms with Crippen LogP contribution in [-0.4, -0.2) is 25.5 Å². The summed E-state index contributed by atoms with van der Waals surface area (Å²) in [5.74, 6) is 1.66. The van der Waals surface area contributed by atoms with Gasteiger partial charge in [0.25, 0.3) is 0 Å². The molecule has 1 N–H and O–H groups in total. The molecule has 2 atom stereocenters. The van der Waals surface area contributed by atoms with Gasteiger partial charge in [0.15, 0.2) is 8.32 Å². The van der Waals surface area contributed by atoms with Crippen LogP contribution in [0.1, 0.15) is 47.0 Å². The van der Waals surface area contributed by atoms with Crippen molar-refractivity contribution in [1.29, 1.82) is 0 Å². The van der Waals surface area contributed by atoms with Crippen LogP contribution in [0.25, 0.3) is 0 Å². The third-order valence-electron chi connectivity index (χ3n) is 4.06. The van der Waals surface area contributed by atoms with Crippen LogP contribution < -0.4 is 0 Å². The number of carbonyl (C=O) groups is 1. The topological polar surface area (TPSA) is 46.5 Å². The third-order valence-corrected chi connectivity index (χ3v) is 8.84. The maximum Gasteiger partial charge on any atom is 0.308 e. The first kappa shape index (κ1) is 19.7. The lowest BCUT2D eigenvalue weighted by atomic mass is 10.00. The summed E-state index contributed by atoms with van der Waals surface area (Å²) in [6, 6.07) is 0. The van der Waals surface area contributed by atoms with Gasteiger partial charge in [0.2, 0.25) is 0 Å². The summed E-state index contributed by atoms with van der Waals surface area (Å²) in [6.07, 6.45) is 2.12. The highest BCUT2D eigenvalue weighted by Crippen LogP contribution is 2.38. The van der Waals surface area contributed by atoms with Gasteiger partial charge in [0, 0.05) is 22.4 Å². The fourth-order valence-corrected chi connectivity index (χ4v) is 3.19. The van der Waals surface area contributed by atoms with E-state index in [4.69, 9.17) is 4.43 Å². The summed E-state index contributed by atoms with van der Waals surface area (Å²) in [4.78, 5) is 13.9. The van der Waals surface area contributed by atoms with Crippen molar-refractivity contribution in [2.24, 2.45) is 5.92 Å². The summed E-state index contributed by atoms with van der Waals surface area (Å²) in [7, 11) is -1.95. The van der Waals surface area contributed by atoms with Gasteiger partial charge >= 0.3 is 5.97 Å². The number of halogens is 1. The number of aliphatic carboxylic acids is 1. The molecular weight excluding hydrogens is 336 g/mol. The number of rotatable bonds is 7. The number of hydrogen-bond acceptors (Lipinski definition) is 2. The fraction of sp³-hybridized carbons (Fsp3) is 0.800. The minimum Gasteiger partial charge on any atom is -0.481 e. The Hall–Kier alpha value is -0.313. The zero-order chi connectivity index (χ0) is 16.0. The minimum atomic E-state index is -1.95. The van der Waals surface area contributed by atoms with Crippen LogP contribution in [0.4, 0.5) is 0 Å². The van der Waals surface area contributed by atoms with Crippen molar-refractivity contribution in [3.05, 3.63) is 0 Å². The van der Waals surface area contributed by atoms with E-state index in [-0.39, 0.29) is 11.1 Å². The van der Waals surface area contributed by atoms with Gasteiger partial charge in [-0.15, -0.1) is 0 Å². The molecule has 5 heteroatoms. The maximum atomic E-state index is 11.3. The Morgan fingerprint density at radius 2 is 1.95 bits per heavy atom. The first-order chi connectivity index (χ1) is 9.03. The second-order valence-electron chi connectivity index (χ2n) is 6.71. The second-order valence-corrected chi connectivity index (χ2v) is 11.9. The van der Waals surface area contributed by atoms with Crippen LogP contribution in [0.3, 0.4) is 0 Å². The highest BCUT2D eigenvalue weighted by atomic mass is 79.9. The number of carboxylic acids is 1. The Balaban J connectivity index is 4.84. The maximum absolute atomic E-state index is 11.3. The largest absolute Gasteiger partial charge is 0.481 e. The van der Waals surface area contributed by atoms with Gasteiger partial charge in [0.1, 0.15) is 0 Å². The Bertz CT molecular complexity index is 377. The molecular formula is C15H27BrO3Si. The zero-order valence-electron chi connectivity index (χ0n) is 13.4. The van der Waals surface area contributed by atoms with E-state index in [1.165, 1.54) is 0 Å². The summed E-state index contributed by atoms with van der Waals surface area (Å²) in [5, 5.41) is 9.34. The molecule has 0 unspecified atom stereocenters. The van der Waals surface area contributed by atoms with Gasteiger partial charge in [-0.1, -0.05) is 26.7 Å². The first-order valence-electron chi connectivity index (χ1n) is 7.02. The van der Waals surface area contributed by atoms with Crippen molar-refractivity contribution in [3.63, 3.8) is 0 Å². The second kappa shape index (κ2) is 8.21. The van der Waals surface area contributed by atoms with Crippen LogP contribution in [0, 0.1) is 16.7 Å². The Kier molecular flexibility index (Phi) is 8.08. The molecule has 20 heavy (non-hydrogen) atoms. The van der Waals surface area contributed by atoms with E-state index in [1.54, 1.807) is 6.92 Å². The average Bonchev–Trinajstić information content (AvgIpc) is 2.30. The average molecular weight is 363 g/mol. The third kappa shape index (κ3) is 6.42. The molecule has 3 nitrogen and oxygen atoms in total. The smallest absolute Gasteiger partial charge is 0.308 e. The molecule has 0 aromatic rings. The van der Waals surface area contributed by atoms with Gasteiger partial charge in [-0.05, 0) is 42.7 Å². The fourth-order valence-electron chi connectivity index (χ4n) is 1.56. The number of hydrogen-bond donors (Lipinski definition) is 1. The molecule has 0 saturated heterocycles. The lowest BCUT2D eigenvalue weighted by Gasteiger charge is -2.40. The van der Waals surface area contributed by atoms with E-state index in [2.05, 4.69) is 60.5 Å². The van der Waals surface area contributed by atoms with Crippen molar-refractivity contribution in [3.8, 4) is 10.8 Å². The molecule has 116 valence electrons. The zero-order valence-corrected chi connectivity index (χ0v) is 16.0. The first-order valence-corrected chi connectivity index (χ1v) is 10.7. The standard InChI is InChI=1S/C15H27BrO3Si/c1-12(14(17)18)13(10-8-7-9-11-16)19-20(5,6)15(2,3)4/h12-13H,7-8,10H2,1-6H3,(H,17,18)/t12-,13+/m0/s1. The van der Waals surface area contributed by atoms with Crippen LogP contribution >= 0.6 is 15.9 Å². The van der Waals surface area contributed by atoms with Gasteiger partial charge in [-0.25, -0.2) is 0 Å². The molecule has 0 bridgehead atoms. The van der Waals surface area contributed by atoms with Crippen molar-refractivity contribution in [2.75, 3.05) is 0 Å². The Morgan fingerprint density at radius 3 is 2.35 bits per heavy atom. The van der Waals surface area contributed by atoms with E-state index < -0.39 is 20.2 Å². The SMILES string of the molecule is C[C@H](C(=O)O)[C@@H](CCCC#CBr)O[Si](C)(C)C(C)(C)C. The molecule has 0 aliphatic rings. The molecule has 0 aromatic carbocycles. The summed E-state index contributed by atoms with van der Waals surface area (Å²) in [5.41, 5.74) is 0. The van der Waals surface area contributed by atoms with Crippen LogP contribution in [0.5, 0.6) is 0 Å². The lowest BCUT2D eigenvalue weighted by Crippen LogP contribution is -2.46. The molecule has 0 rings (SSSR count). The molecule has 0 fully saturated rings. The quantitative estimate of drug-likeness (QED) is 0.408. The van der Waals surface area contributed by atoms with E-state index in [0.717, 1.165) is 19.3 Å². The minimum absolute atomic E-state index is 0.0825. The van der Waals surface area contributed by atoms with E-state index >= 15 is 0 Å². The summed E-state index contributed by atoms with van der Waals surface area (Å²) < 4.78 is 6.30. The highest BCUT2D eigenvalue weighted by molar-refractivity contribution is 9.12. The van der Waals surface area contributed by atoms with E-state index in [0.29, 0.717) is 0 Å². The number of carboxylic acid groups (broad SMARTS) is 1. The molecule has 0 aromatic heterocycles. The molecule has 0 spiro atoms. The van der Waals surface area contributed by atoms with E-state index in [9.17, 15) is 9.90 Å². The monoisotopic (exact) mass is 362 g/mol. The van der Waals surface area contributed by atoms with Gasteiger partial charge in [-0.3, -0.25) is 4.79 Å². The molecule has 0 aliphatic heterocycles. The summed E-state index contributed by atoms with van der Waals surface area (Å²) >= 11 is 3.06. The predicted octanol–water partition coefficient (Wildman–Crippen LogP) is 4.62. The van der Waals surface area contributed by atoms with Crippen LogP contribution in [0.15, 0.2) is 0 Å². The Labute approximate surface area is 132 Å². The summed E-state index contributed by atoms with van der Waals surface area (Å²) in [6.45, 7) is 12.5. The predicted molar refractivity (Wildman–Crippen MR) is 89.4 cm³/mol. The van der Waals surface area contributed by atoms with Crippen molar-refractivity contribution < 1.29 is 14.3 Å². The normalized spacial score (nSPS) is 15.2. The molecule has 0 amide bonds. The van der Waals surface area contributed by atoms with Gasteiger partial charge in [0.05, 0.1) is 12.0 Å². The molecule has 0 saturated carbocycles. The van der Waals surface area contributed by atoms with Crippen molar-refractivity contribution in [2.45, 2.75) is 71.2 Å². The van der Waals surface area contributed by atoms with E-state index in [1.807, 2.05) is 0 Å². The van der Waals surface area contributed by atoms with Crippen LogP contribution in [-0.2, 0) is 9.22 Å². The highest BCUT2D eigenvalue weighted by Gasteiger charge is 2.40. The molecule has 0 radical (unpaired) electrons. The van der Waals surface area contributed by atoms with Gasteiger partial charge in [-0.2, -0.15) is 0 Å². The molecule has 0 heterocycles. The van der Waals surface area contributed by atoms with Crippen molar-refractivity contribution in [1.82, 2.24) is 0 Å².